The van der Waals surface area contributed by atoms with E-state index in [1.54, 1.807) is 18.4 Å². The molecule has 4 atom stereocenters. The average Bonchev–Trinajstić information content (AvgIpc) is 3.78. The number of rotatable bonds is 18. The molecule has 4 N–H and O–H groups in total. The summed E-state index contributed by atoms with van der Waals surface area (Å²) in [5.74, 6) is 0.272. The SMILES string of the molecule is CC(C)Cc1nc(CN(C)C(=O)N[C@H](C(=O)N[C@@H](Cc2ccccc2)C[C@H](O)[C@H](Cc2ccccc2)NC(=O)OCc2cnco2)C(C)C)cs1. The first-order chi connectivity index (χ1) is 24.5. The minimum absolute atomic E-state index is 0.113. The van der Waals surface area contributed by atoms with Gasteiger partial charge in [0.1, 0.15) is 6.04 Å². The van der Waals surface area contributed by atoms with Crippen LogP contribution in [0.25, 0.3) is 0 Å². The number of aliphatic hydroxyl groups is 1. The van der Waals surface area contributed by atoms with E-state index in [0.29, 0.717) is 31.1 Å². The fraction of sp³-hybridized carbons (Fsp3) is 0.447. The Hall–Kier alpha value is -4.75. The molecule has 274 valence electrons. The molecule has 13 heteroatoms. The van der Waals surface area contributed by atoms with Crippen LogP contribution >= 0.6 is 11.3 Å². The molecule has 0 aliphatic rings. The first-order valence-electron chi connectivity index (χ1n) is 17.3. The highest BCUT2D eigenvalue weighted by atomic mass is 32.1. The third-order valence-corrected chi connectivity index (χ3v) is 9.17. The van der Waals surface area contributed by atoms with E-state index in [9.17, 15) is 19.5 Å². The van der Waals surface area contributed by atoms with Crippen LogP contribution in [0, 0.1) is 11.8 Å². The van der Waals surface area contributed by atoms with Crippen molar-refractivity contribution in [2.45, 2.75) is 90.8 Å². The van der Waals surface area contributed by atoms with Crippen molar-refractivity contribution in [3.05, 3.63) is 106 Å². The van der Waals surface area contributed by atoms with E-state index in [1.807, 2.05) is 79.9 Å². The van der Waals surface area contributed by atoms with Crippen LogP contribution in [0.4, 0.5) is 9.59 Å². The maximum Gasteiger partial charge on any atom is 0.407 e. The molecule has 0 radical (unpaired) electrons. The summed E-state index contributed by atoms with van der Waals surface area (Å²) < 4.78 is 10.5. The number of aliphatic hydroxyl groups excluding tert-OH is 1. The topological polar surface area (TPSA) is 159 Å². The lowest BCUT2D eigenvalue weighted by molar-refractivity contribution is -0.124. The number of thiazole rings is 1. The summed E-state index contributed by atoms with van der Waals surface area (Å²) in [5, 5.41) is 23.5. The number of ether oxygens (including phenoxy) is 1. The van der Waals surface area contributed by atoms with Crippen LogP contribution in [-0.2, 0) is 41.9 Å². The van der Waals surface area contributed by atoms with Crippen LogP contribution in [-0.4, -0.2) is 69.3 Å². The predicted octanol–water partition coefficient (Wildman–Crippen LogP) is 5.51. The number of nitrogens with one attached hydrogen (secondary N) is 3. The smallest absolute Gasteiger partial charge is 0.407 e. The van der Waals surface area contributed by atoms with E-state index in [4.69, 9.17) is 9.15 Å². The maximum absolute atomic E-state index is 13.9. The Labute approximate surface area is 304 Å². The van der Waals surface area contributed by atoms with Gasteiger partial charge in [0, 0.05) is 24.9 Å². The van der Waals surface area contributed by atoms with Gasteiger partial charge in [-0.2, -0.15) is 0 Å². The van der Waals surface area contributed by atoms with Crippen molar-refractivity contribution in [3.8, 4) is 0 Å². The predicted molar refractivity (Wildman–Crippen MR) is 196 cm³/mol. The number of hydrogen-bond donors (Lipinski definition) is 4. The number of nitrogens with zero attached hydrogens (tertiary/aromatic N) is 3. The average molecular weight is 719 g/mol. The number of aromatic nitrogens is 2. The molecule has 2 aromatic carbocycles. The third kappa shape index (κ3) is 13.1. The summed E-state index contributed by atoms with van der Waals surface area (Å²) in [7, 11) is 1.68. The van der Waals surface area contributed by atoms with Crippen molar-refractivity contribution in [1.29, 1.82) is 0 Å². The number of carbonyl (C=O) groups is 3. The van der Waals surface area contributed by atoms with Crippen molar-refractivity contribution in [1.82, 2.24) is 30.8 Å². The number of hydrogen-bond acceptors (Lipinski definition) is 9. The third-order valence-electron chi connectivity index (χ3n) is 8.25. The van der Waals surface area contributed by atoms with Gasteiger partial charge in [0.25, 0.3) is 0 Å². The quantitative estimate of drug-likeness (QED) is 0.105. The van der Waals surface area contributed by atoms with E-state index >= 15 is 0 Å². The van der Waals surface area contributed by atoms with Gasteiger partial charge in [-0.05, 0) is 42.2 Å². The highest BCUT2D eigenvalue weighted by Gasteiger charge is 2.31. The molecule has 4 aromatic rings. The van der Waals surface area contributed by atoms with Crippen molar-refractivity contribution >= 4 is 29.4 Å². The summed E-state index contributed by atoms with van der Waals surface area (Å²) in [5.41, 5.74) is 2.66. The van der Waals surface area contributed by atoms with Crippen molar-refractivity contribution < 1.29 is 28.6 Å². The van der Waals surface area contributed by atoms with E-state index < -0.39 is 36.4 Å². The Bertz CT molecular complexity index is 1630. The summed E-state index contributed by atoms with van der Waals surface area (Å²) >= 11 is 1.58. The molecule has 51 heavy (non-hydrogen) atoms. The molecule has 4 amide bonds. The fourth-order valence-corrected chi connectivity index (χ4v) is 6.59. The lowest BCUT2D eigenvalue weighted by atomic mass is 9.93. The molecule has 0 saturated heterocycles. The second-order valence-corrected chi connectivity index (χ2v) is 14.5. The molecule has 4 rings (SSSR count). The van der Waals surface area contributed by atoms with Crippen LogP contribution in [0.2, 0.25) is 0 Å². The van der Waals surface area contributed by atoms with E-state index in [1.165, 1.54) is 17.5 Å². The highest BCUT2D eigenvalue weighted by Crippen LogP contribution is 2.17. The molecule has 0 saturated carbocycles. The fourth-order valence-electron chi connectivity index (χ4n) is 5.59. The normalized spacial score (nSPS) is 13.6. The first kappa shape index (κ1) is 39.0. The van der Waals surface area contributed by atoms with Gasteiger partial charge in [-0.15, -0.1) is 11.3 Å². The van der Waals surface area contributed by atoms with Crippen LogP contribution in [0.3, 0.4) is 0 Å². The lowest BCUT2D eigenvalue weighted by Gasteiger charge is -2.30. The molecule has 2 heterocycles. The molecule has 0 aliphatic carbocycles. The molecule has 0 spiro atoms. The second kappa shape index (κ2) is 19.6. The van der Waals surface area contributed by atoms with Gasteiger partial charge in [0.2, 0.25) is 5.91 Å². The molecule has 0 bridgehead atoms. The lowest BCUT2D eigenvalue weighted by Crippen LogP contribution is -2.55. The zero-order valence-corrected chi connectivity index (χ0v) is 30.8. The second-order valence-electron chi connectivity index (χ2n) is 13.5. The molecule has 0 aliphatic heterocycles. The number of oxazole rings is 1. The van der Waals surface area contributed by atoms with Crippen LogP contribution in [0.5, 0.6) is 0 Å². The van der Waals surface area contributed by atoms with Crippen molar-refractivity contribution in [2.75, 3.05) is 7.05 Å². The van der Waals surface area contributed by atoms with E-state index in [2.05, 4.69) is 39.8 Å². The van der Waals surface area contributed by atoms with Crippen molar-refractivity contribution in [2.24, 2.45) is 11.8 Å². The zero-order chi connectivity index (χ0) is 36.8. The Morgan fingerprint density at radius 2 is 1.59 bits per heavy atom. The van der Waals surface area contributed by atoms with Crippen LogP contribution in [0.1, 0.15) is 61.7 Å². The Balaban J connectivity index is 1.45. The highest BCUT2D eigenvalue weighted by molar-refractivity contribution is 7.09. The number of carbonyl (C=O) groups excluding carboxylic acids is 3. The number of alkyl carbamates (subject to hydrolysis) is 1. The largest absolute Gasteiger partial charge is 0.445 e. The van der Waals surface area contributed by atoms with Gasteiger partial charge in [-0.3, -0.25) is 4.79 Å². The standard InChI is InChI=1S/C38H50N6O6S/c1-25(2)16-34-40-30(23-51-34)21-44(5)37(47)43-35(26(3)4)36(46)41-29(17-27-12-8-6-9-13-27)19-33(45)32(18-28-14-10-7-11-15-28)42-38(48)49-22-31-20-39-24-50-31/h6-15,20,23-26,29,32-33,35,45H,16-19,21-22H2,1-5H3,(H,41,46)(H,42,48)(H,43,47)/t29-,32-,33-,35-/m0/s1. The van der Waals surface area contributed by atoms with E-state index in [0.717, 1.165) is 28.2 Å². The Morgan fingerprint density at radius 1 is 0.922 bits per heavy atom. The van der Waals surface area contributed by atoms with Gasteiger partial charge in [0.05, 0.1) is 35.6 Å². The number of amides is 4. The van der Waals surface area contributed by atoms with Gasteiger partial charge >= 0.3 is 12.1 Å². The number of urea groups is 1. The molecular formula is C38H50N6O6S. The van der Waals surface area contributed by atoms with Gasteiger partial charge in [-0.1, -0.05) is 88.4 Å². The minimum atomic E-state index is -1.08. The molecule has 0 unspecified atom stereocenters. The molecule has 0 fully saturated rings. The van der Waals surface area contributed by atoms with Gasteiger partial charge in [0.15, 0.2) is 18.8 Å². The summed E-state index contributed by atoms with van der Waals surface area (Å²) in [6.07, 6.45) is 2.63. The molecule has 12 nitrogen and oxygen atoms in total. The van der Waals surface area contributed by atoms with Gasteiger partial charge in [-0.25, -0.2) is 19.6 Å². The number of benzene rings is 2. The molecule has 2 aromatic heterocycles. The maximum atomic E-state index is 13.9. The molecular weight excluding hydrogens is 669 g/mol. The monoisotopic (exact) mass is 718 g/mol. The van der Waals surface area contributed by atoms with Crippen LogP contribution in [0.15, 0.2) is 83.1 Å². The Kier molecular flexibility index (Phi) is 15.0. The minimum Gasteiger partial charge on any atom is -0.445 e. The first-order valence-corrected chi connectivity index (χ1v) is 18.2. The van der Waals surface area contributed by atoms with Crippen LogP contribution < -0.4 is 16.0 Å². The van der Waals surface area contributed by atoms with Gasteiger partial charge < -0.3 is 35.1 Å². The summed E-state index contributed by atoms with van der Waals surface area (Å²) in [6.45, 7) is 8.22. The summed E-state index contributed by atoms with van der Waals surface area (Å²) in [6, 6.07) is 16.6. The Morgan fingerprint density at radius 3 is 2.20 bits per heavy atom. The zero-order valence-electron chi connectivity index (χ0n) is 30.0. The van der Waals surface area contributed by atoms with E-state index in [-0.39, 0.29) is 24.9 Å². The van der Waals surface area contributed by atoms with Crippen molar-refractivity contribution in [3.63, 3.8) is 0 Å². The summed E-state index contributed by atoms with van der Waals surface area (Å²) in [4.78, 5) is 50.1.